The summed E-state index contributed by atoms with van der Waals surface area (Å²) < 4.78 is 20.5. The van der Waals surface area contributed by atoms with Crippen LogP contribution in [0.2, 0.25) is 0 Å². The number of benzene rings is 3. The summed E-state index contributed by atoms with van der Waals surface area (Å²) in [5.74, 6) is -20.6. The van der Waals surface area contributed by atoms with Crippen LogP contribution >= 0.6 is 0 Å². The lowest BCUT2D eigenvalue weighted by atomic mass is 9.90. The zero-order chi connectivity index (χ0) is 34.8. The Morgan fingerprint density at radius 1 is 0.617 bits per heavy atom. The minimum absolute atomic E-state index is 0.620. The highest BCUT2D eigenvalue weighted by atomic mass is 16.7. The molecule has 0 radical (unpaired) electrons. The van der Waals surface area contributed by atoms with Gasteiger partial charge in [-0.2, -0.15) is 0 Å². The van der Waals surface area contributed by atoms with Crippen LogP contribution in [-0.4, -0.2) is 122 Å². The lowest BCUT2D eigenvalue weighted by Crippen LogP contribution is -2.61. The molecule has 1 fully saturated rings. The summed E-state index contributed by atoms with van der Waals surface area (Å²) in [6.45, 7) is -1.11. The van der Waals surface area contributed by atoms with Crippen molar-refractivity contribution in [3.05, 3.63) is 28.8 Å². The molecule has 2 heterocycles. The number of carbonyl (C=O) groups excluding carboxylic acids is 3. The lowest BCUT2D eigenvalue weighted by molar-refractivity contribution is -0.284. The molecule has 0 spiro atoms. The average Bonchev–Trinajstić information content (AvgIpc) is 3.02. The minimum Gasteiger partial charge on any atom is -0.504 e. The van der Waals surface area contributed by atoms with Crippen LogP contribution in [-0.2, 0) is 18.9 Å². The molecule has 3 aromatic carbocycles. The smallest absolute Gasteiger partial charge is 0.343 e. The highest BCUT2D eigenvalue weighted by Gasteiger charge is 2.50. The Hall–Kier alpha value is -6.25. The fourth-order valence-electron chi connectivity index (χ4n) is 4.86. The Bertz CT molecular complexity index is 1830. The molecule has 47 heavy (non-hydrogen) atoms. The number of carbonyl (C=O) groups is 3. The van der Waals surface area contributed by atoms with Crippen LogP contribution in [0.3, 0.4) is 0 Å². The average molecular weight is 666 g/mol. The molecule has 3 aromatic rings. The van der Waals surface area contributed by atoms with Gasteiger partial charge < -0.3 is 85.3 Å². The normalized spacial score (nSPS) is 22.5. The number of aliphatic hydroxyl groups excluding tert-OH is 2. The van der Waals surface area contributed by atoms with E-state index in [0.29, 0.717) is 12.1 Å². The molecule has 250 valence electrons. The summed E-state index contributed by atoms with van der Waals surface area (Å²) in [4.78, 5) is 39.6. The molecule has 0 amide bonds. The van der Waals surface area contributed by atoms with Gasteiger partial charge >= 0.3 is 17.9 Å². The number of phenolic OH excluding ortho intramolecular Hbond substituents is 11. The molecule has 5 atom stereocenters. The summed E-state index contributed by atoms with van der Waals surface area (Å²) in [5, 5.41) is 134. The van der Waals surface area contributed by atoms with Crippen LogP contribution in [0.25, 0.3) is 11.1 Å². The molecule has 0 saturated carbocycles. The van der Waals surface area contributed by atoms with Gasteiger partial charge in [0.05, 0.1) is 16.7 Å². The second-order valence-electron chi connectivity index (χ2n) is 10.0. The summed E-state index contributed by atoms with van der Waals surface area (Å²) in [6.07, 6.45) is -10.9. The van der Waals surface area contributed by atoms with Gasteiger partial charge in [-0.15, -0.1) is 0 Å². The number of aromatic hydroxyl groups is 11. The topological polar surface area (TPSA) is 351 Å². The van der Waals surface area contributed by atoms with Gasteiger partial charge in [-0.25, -0.2) is 14.4 Å². The highest BCUT2D eigenvalue weighted by molar-refractivity contribution is 6.11. The molecular formula is C27H22O20. The largest absolute Gasteiger partial charge is 0.504 e. The Kier molecular flexibility index (Phi) is 7.71. The SMILES string of the molecule is O=C(O[C@@H]1O[C@@H]2COC(=O)c3c(O)c(O)c(O)c(O)c3-c3c(O)c(O)c(O)c(O)c3C(=O)O[C@H]([C@H]1O)[C@@H]2O)c1cc(O)c(O)c(O)c1. The van der Waals surface area contributed by atoms with Gasteiger partial charge in [0.25, 0.3) is 0 Å². The van der Waals surface area contributed by atoms with Crippen molar-refractivity contribution >= 4 is 17.9 Å². The Balaban J connectivity index is 1.67. The molecule has 0 aliphatic carbocycles. The first-order chi connectivity index (χ1) is 22.0. The maximum Gasteiger partial charge on any atom is 0.343 e. The molecule has 2 aliphatic rings. The van der Waals surface area contributed by atoms with Gasteiger partial charge in [-0.3, -0.25) is 0 Å². The van der Waals surface area contributed by atoms with Crippen molar-refractivity contribution < 1.29 is 99.7 Å². The zero-order valence-corrected chi connectivity index (χ0v) is 22.9. The molecular weight excluding hydrogens is 644 g/mol. The van der Waals surface area contributed by atoms with Crippen molar-refractivity contribution in [3.8, 4) is 74.4 Å². The maximum absolute atomic E-state index is 13.5. The van der Waals surface area contributed by atoms with Crippen molar-refractivity contribution in [2.45, 2.75) is 30.7 Å². The Labute approximate surface area is 258 Å². The first kappa shape index (κ1) is 32.2. The third-order valence-corrected chi connectivity index (χ3v) is 7.24. The number of hydrogen-bond donors (Lipinski definition) is 13. The maximum atomic E-state index is 13.5. The number of phenols is 11. The number of aliphatic hydroxyl groups is 2. The number of cyclic esters (lactones) is 1. The van der Waals surface area contributed by atoms with Crippen molar-refractivity contribution in [1.82, 2.24) is 0 Å². The van der Waals surface area contributed by atoms with E-state index in [-0.39, 0.29) is 0 Å². The van der Waals surface area contributed by atoms with Crippen LogP contribution in [0.15, 0.2) is 12.1 Å². The van der Waals surface area contributed by atoms with Crippen LogP contribution in [0, 0.1) is 0 Å². The van der Waals surface area contributed by atoms with E-state index >= 15 is 0 Å². The van der Waals surface area contributed by atoms with Gasteiger partial charge in [-0.05, 0) is 12.1 Å². The van der Waals surface area contributed by atoms with E-state index in [9.17, 15) is 80.8 Å². The number of fused-ring (bicyclic) bond motifs is 5. The fraction of sp³-hybridized carbons (Fsp3) is 0.222. The van der Waals surface area contributed by atoms with E-state index in [4.69, 9.17) is 18.9 Å². The molecule has 5 rings (SSSR count). The second kappa shape index (κ2) is 11.3. The van der Waals surface area contributed by atoms with Crippen molar-refractivity contribution in [1.29, 1.82) is 0 Å². The number of hydrogen-bond acceptors (Lipinski definition) is 20. The molecule has 0 unspecified atom stereocenters. The monoisotopic (exact) mass is 666 g/mol. The van der Waals surface area contributed by atoms with Crippen LogP contribution < -0.4 is 0 Å². The van der Waals surface area contributed by atoms with E-state index in [1.165, 1.54) is 0 Å². The quantitative estimate of drug-likeness (QED) is 0.0682. The predicted molar refractivity (Wildman–Crippen MR) is 142 cm³/mol. The van der Waals surface area contributed by atoms with Crippen LogP contribution in [0.4, 0.5) is 0 Å². The van der Waals surface area contributed by atoms with E-state index in [2.05, 4.69) is 0 Å². The second-order valence-corrected chi connectivity index (χ2v) is 10.0. The molecule has 0 aromatic heterocycles. The van der Waals surface area contributed by atoms with Crippen LogP contribution in [0.1, 0.15) is 31.1 Å². The number of rotatable bonds is 2. The lowest BCUT2D eigenvalue weighted by Gasteiger charge is -2.41. The van der Waals surface area contributed by atoms with Gasteiger partial charge in [0, 0.05) is 0 Å². The summed E-state index contributed by atoms with van der Waals surface area (Å²) in [6, 6.07) is 1.29. The van der Waals surface area contributed by atoms with Crippen molar-refractivity contribution in [3.63, 3.8) is 0 Å². The number of esters is 3. The first-order valence-electron chi connectivity index (χ1n) is 12.8. The van der Waals surface area contributed by atoms with Gasteiger partial charge in [0.15, 0.2) is 52.5 Å². The minimum atomic E-state index is -2.34. The third kappa shape index (κ3) is 4.97. The van der Waals surface area contributed by atoms with E-state index < -0.39 is 146 Å². The van der Waals surface area contributed by atoms with Crippen molar-refractivity contribution in [2.24, 2.45) is 0 Å². The van der Waals surface area contributed by atoms with Gasteiger partial charge in [0.1, 0.15) is 29.9 Å². The molecule has 13 N–H and O–H groups in total. The van der Waals surface area contributed by atoms with E-state index in [1.54, 1.807) is 0 Å². The van der Waals surface area contributed by atoms with Crippen molar-refractivity contribution in [2.75, 3.05) is 6.61 Å². The molecule has 20 heteroatoms. The Morgan fingerprint density at radius 2 is 1.06 bits per heavy atom. The van der Waals surface area contributed by atoms with Gasteiger partial charge in [-0.1, -0.05) is 0 Å². The highest BCUT2D eigenvalue weighted by Crippen LogP contribution is 2.58. The first-order valence-corrected chi connectivity index (χ1v) is 12.8. The summed E-state index contributed by atoms with van der Waals surface area (Å²) in [7, 11) is 0. The molecule has 2 aliphatic heterocycles. The fourth-order valence-corrected chi connectivity index (χ4v) is 4.86. The predicted octanol–water partition coefficient (Wildman–Crippen LogP) is -0.885. The van der Waals surface area contributed by atoms with Gasteiger partial charge in [0.2, 0.25) is 29.3 Å². The number of ether oxygens (including phenoxy) is 4. The zero-order valence-electron chi connectivity index (χ0n) is 22.9. The molecule has 2 bridgehead atoms. The summed E-state index contributed by atoms with van der Waals surface area (Å²) >= 11 is 0. The summed E-state index contributed by atoms with van der Waals surface area (Å²) in [5.41, 5.74) is -5.97. The Morgan fingerprint density at radius 3 is 1.55 bits per heavy atom. The van der Waals surface area contributed by atoms with Crippen LogP contribution in [0.5, 0.6) is 63.2 Å². The van der Waals surface area contributed by atoms with E-state index in [1.807, 2.05) is 0 Å². The standard InChI is InChI=1S/C27H22O20/c28-5-1-4(2-6(29)12(5)30)24(41)47-27-22(40)23-13(31)7(45-27)3-44-25(42)10-8(14(32)18(36)20(38)16(10)34)9-11(26(43)46-23)17(35)21(39)19(37)15(9)33/h1-2,7,13,22-23,27-40H,3H2/t7-,13-,22-,23+,27+/m1/s1. The van der Waals surface area contributed by atoms with E-state index in [0.717, 1.165) is 0 Å². The molecule has 20 nitrogen and oxygen atoms in total. The third-order valence-electron chi connectivity index (χ3n) is 7.24. The molecule has 1 saturated heterocycles.